The highest BCUT2D eigenvalue weighted by molar-refractivity contribution is 5.10. The van der Waals surface area contributed by atoms with E-state index in [1.165, 1.54) is 5.57 Å². The molecule has 0 aliphatic carbocycles. The van der Waals surface area contributed by atoms with Crippen molar-refractivity contribution in [3.63, 3.8) is 0 Å². The highest BCUT2D eigenvalue weighted by atomic mass is 16.3. The first-order chi connectivity index (χ1) is 4.26. The van der Waals surface area contributed by atoms with Crippen molar-refractivity contribution in [2.45, 2.75) is 33.6 Å². The largest absolute Gasteiger partial charge is 0.392 e. The molecular formula is C8H16O. The summed E-state index contributed by atoms with van der Waals surface area (Å²) in [5.41, 5.74) is 2.53. The Morgan fingerprint density at radius 3 is 1.78 bits per heavy atom. The zero-order valence-corrected chi connectivity index (χ0v) is 6.57. The standard InChI is InChI=1S/C8H16O/c1-4-8(5-2)7(3)6-9/h9H,4-6H2,1-3H3. The molecule has 0 aliphatic heterocycles. The Hall–Kier alpha value is -0.300. The molecule has 1 heteroatoms. The van der Waals surface area contributed by atoms with Crippen LogP contribution in [0.3, 0.4) is 0 Å². The Morgan fingerprint density at radius 2 is 1.67 bits per heavy atom. The van der Waals surface area contributed by atoms with Crippen LogP contribution in [0.4, 0.5) is 0 Å². The fourth-order valence-electron chi connectivity index (χ4n) is 0.965. The van der Waals surface area contributed by atoms with Gasteiger partial charge in [0, 0.05) is 0 Å². The van der Waals surface area contributed by atoms with Gasteiger partial charge in [0.25, 0.3) is 0 Å². The van der Waals surface area contributed by atoms with Crippen LogP contribution in [-0.2, 0) is 0 Å². The summed E-state index contributed by atoms with van der Waals surface area (Å²) in [7, 11) is 0. The van der Waals surface area contributed by atoms with E-state index in [9.17, 15) is 0 Å². The molecule has 0 bridgehead atoms. The van der Waals surface area contributed by atoms with Gasteiger partial charge < -0.3 is 5.11 Å². The van der Waals surface area contributed by atoms with E-state index in [1.807, 2.05) is 6.92 Å². The van der Waals surface area contributed by atoms with Crippen molar-refractivity contribution in [3.05, 3.63) is 11.1 Å². The summed E-state index contributed by atoms with van der Waals surface area (Å²) in [6.45, 7) is 6.45. The topological polar surface area (TPSA) is 20.2 Å². The molecule has 0 unspecified atom stereocenters. The molecule has 1 N–H and O–H groups in total. The van der Waals surface area contributed by atoms with Crippen molar-refractivity contribution in [3.8, 4) is 0 Å². The zero-order valence-electron chi connectivity index (χ0n) is 6.57. The summed E-state index contributed by atoms with van der Waals surface area (Å²) in [5.74, 6) is 0. The van der Waals surface area contributed by atoms with Gasteiger partial charge >= 0.3 is 0 Å². The van der Waals surface area contributed by atoms with Gasteiger partial charge in [-0.1, -0.05) is 19.4 Å². The molecule has 0 amide bonds. The number of aliphatic hydroxyl groups is 1. The Labute approximate surface area is 57.4 Å². The summed E-state index contributed by atoms with van der Waals surface area (Å²) in [6, 6.07) is 0. The van der Waals surface area contributed by atoms with Gasteiger partial charge in [0.2, 0.25) is 0 Å². The second-order valence-electron chi connectivity index (χ2n) is 2.25. The molecule has 9 heavy (non-hydrogen) atoms. The van der Waals surface area contributed by atoms with E-state index in [0.29, 0.717) is 0 Å². The molecule has 0 saturated carbocycles. The SMILES string of the molecule is CCC(CC)=C(C)CO. The van der Waals surface area contributed by atoms with Crippen molar-refractivity contribution in [2.24, 2.45) is 0 Å². The van der Waals surface area contributed by atoms with Gasteiger partial charge in [-0.15, -0.1) is 0 Å². The van der Waals surface area contributed by atoms with Crippen LogP contribution < -0.4 is 0 Å². The smallest absolute Gasteiger partial charge is 0.0641 e. The minimum atomic E-state index is 0.219. The number of allylic oxidation sites excluding steroid dienone is 1. The number of hydrogen-bond acceptors (Lipinski definition) is 1. The van der Waals surface area contributed by atoms with Crippen LogP contribution in [0.5, 0.6) is 0 Å². The van der Waals surface area contributed by atoms with Crippen molar-refractivity contribution >= 4 is 0 Å². The summed E-state index contributed by atoms with van der Waals surface area (Å²) in [4.78, 5) is 0. The van der Waals surface area contributed by atoms with Gasteiger partial charge in [-0.3, -0.25) is 0 Å². The average molecular weight is 128 g/mol. The van der Waals surface area contributed by atoms with Gasteiger partial charge in [0.15, 0.2) is 0 Å². The van der Waals surface area contributed by atoms with Crippen molar-refractivity contribution < 1.29 is 5.11 Å². The van der Waals surface area contributed by atoms with E-state index in [4.69, 9.17) is 5.11 Å². The zero-order chi connectivity index (χ0) is 7.28. The Morgan fingerprint density at radius 1 is 1.22 bits per heavy atom. The minimum absolute atomic E-state index is 0.219. The molecule has 0 aromatic heterocycles. The van der Waals surface area contributed by atoms with Crippen LogP contribution in [-0.4, -0.2) is 11.7 Å². The first-order valence-electron chi connectivity index (χ1n) is 3.54. The predicted molar refractivity (Wildman–Crippen MR) is 40.4 cm³/mol. The number of hydrogen-bond donors (Lipinski definition) is 1. The Bertz CT molecular complexity index is 97.1. The molecule has 54 valence electrons. The summed E-state index contributed by atoms with van der Waals surface area (Å²) in [5, 5.41) is 8.71. The van der Waals surface area contributed by atoms with Gasteiger partial charge in [0.05, 0.1) is 6.61 Å². The van der Waals surface area contributed by atoms with Crippen molar-refractivity contribution in [1.82, 2.24) is 0 Å². The van der Waals surface area contributed by atoms with E-state index in [2.05, 4.69) is 13.8 Å². The third-order valence-corrected chi connectivity index (χ3v) is 1.69. The maximum Gasteiger partial charge on any atom is 0.0641 e. The lowest BCUT2D eigenvalue weighted by Gasteiger charge is -2.03. The second kappa shape index (κ2) is 4.57. The number of rotatable bonds is 3. The van der Waals surface area contributed by atoms with Crippen LogP contribution >= 0.6 is 0 Å². The Kier molecular flexibility index (Phi) is 4.41. The highest BCUT2D eigenvalue weighted by Crippen LogP contribution is 2.10. The fourth-order valence-corrected chi connectivity index (χ4v) is 0.965. The van der Waals surface area contributed by atoms with Gasteiger partial charge in [-0.25, -0.2) is 0 Å². The summed E-state index contributed by atoms with van der Waals surface area (Å²) < 4.78 is 0. The lowest BCUT2D eigenvalue weighted by atomic mass is 10.1. The monoisotopic (exact) mass is 128 g/mol. The molecule has 0 atom stereocenters. The molecule has 0 radical (unpaired) electrons. The molecule has 0 fully saturated rings. The summed E-state index contributed by atoms with van der Waals surface area (Å²) >= 11 is 0. The van der Waals surface area contributed by atoms with Crippen molar-refractivity contribution in [2.75, 3.05) is 6.61 Å². The molecule has 0 saturated heterocycles. The fraction of sp³-hybridized carbons (Fsp3) is 0.750. The van der Waals surface area contributed by atoms with E-state index >= 15 is 0 Å². The van der Waals surface area contributed by atoms with Crippen LogP contribution in [0, 0.1) is 0 Å². The molecule has 1 nitrogen and oxygen atoms in total. The van der Waals surface area contributed by atoms with Gasteiger partial charge in [0.1, 0.15) is 0 Å². The van der Waals surface area contributed by atoms with Crippen LogP contribution in [0.25, 0.3) is 0 Å². The molecule has 0 aliphatic rings. The average Bonchev–Trinajstić information content (AvgIpc) is 1.90. The molecule has 0 spiro atoms. The first-order valence-corrected chi connectivity index (χ1v) is 3.54. The number of aliphatic hydroxyl groups excluding tert-OH is 1. The van der Waals surface area contributed by atoms with E-state index in [-0.39, 0.29) is 6.61 Å². The second-order valence-corrected chi connectivity index (χ2v) is 2.25. The van der Waals surface area contributed by atoms with E-state index in [0.717, 1.165) is 18.4 Å². The quantitative estimate of drug-likeness (QED) is 0.577. The van der Waals surface area contributed by atoms with Crippen molar-refractivity contribution in [1.29, 1.82) is 0 Å². The van der Waals surface area contributed by atoms with Gasteiger partial charge in [-0.2, -0.15) is 0 Å². The third kappa shape index (κ3) is 2.66. The van der Waals surface area contributed by atoms with Gasteiger partial charge in [-0.05, 0) is 25.3 Å². The predicted octanol–water partition coefficient (Wildman–Crippen LogP) is 2.12. The molecule has 0 aromatic rings. The van der Waals surface area contributed by atoms with E-state index in [1.54, 1.807) is 0 Å². The first kappa shape index (κ1) is 8.70. The normalized spacial score (nSPS) is 9.33. The Balaban J connectivity index is 4.01. The maximum absolute atomic E-state index is 8.71. The minimum Gasteiger partial charge on any atom is -0.392 e. The lowest BCUT2D eigenvalue weighted by molar-refractivity contribution is 0.329. The van der Waals surface area contributed by atoms with Crippen LogP contribution in [0.2, 0.25) is 0 Å². The maximum atomic E-state index is 8.71. The van der Waals surface area contributed by atoms with E-state index < -0.39 is 0 Å². The molecule has 0 heterocycles. The lowest BCUT2D eigenvalue weighted by Crippen LogP contribution is -1.90. The summed E-state index contributed by atoms with van der Waals surface area (Å²) in [6.07, 6.45) is 2.14. The molecule has 0 rings (SSSR count). The molecule has 0 aromatic carbocycles. The van der Waals surface area contributed by atoms with Crippen LogP contribution in [0.1, 0.15) is 33.6 Å². The molecular weight excluding hydrogens is 112 g/mol. The third-order valence-electron chi connectivity index (χ3n) is 1.69. The van der Waals surface area contributed by atoms with Crippen LogP contribution in [0.15, 0.2) is 11.1 Å². The highest BCUT2D eigenvalue weighted by Gasteiger charge is 1.94.